The monoisotopic (exact) mass is 347 g/mol. The highest BCUT2D eigenvalue weighted by Crippen LogP contribution is 2.39. The average Bonchev–Trinajstić information content (AvgIpc) is 2.80. The molecule has 1 saturated heterocycles. The fourth-order valence-electron chi connectivity index (χ4n) is 2.88. The highest BCUT2D eigenvalue weighted by molar-refractivity contribution is 7.99. The van der Waals surface area contributed by atoms with Gasteiger partial charge in [-0.15, -0.1) is 0 Å². The molecule has 0 spiro atoms. The van der Waals surface area contributed by atoms with Gasteiger partial charge in [0.2, 0.25) is 0 Å². The Morgan fingerprint density at radius 3 is 2.23 bits per heavy atom. The summed E-state index contributed by atoms with van der Waals surface area (Å²) in [5.41, 5.74) is 0.126. The molecule has 0 N–H and O–H groups in total. The summed E-state index contributed by atoms with van der Waals surface area (Å²) in [6, 6.07) is 0.504. The molecule has 1 fully saturated rings. The van der Waals surface area contributed by atoms with Crippen LogP contribution in [-0.4, -0.2) is 46.6 Å². The zero-order chi connectivity index (χ0) is 17.0. The molecule has 0 bridgehead atoms. The van der Waals surface area contributed by atoms with Crippen LogP contribution in [0, 0.1) is 0 Å². The van der Waals surface area contributed by atoms with E-state index < -0.39 is 18.5 Å². The maximum Gasteiger partial charge on any atom is 0.453 e. The van der Waals surface area contributed by atoms with Crippen LogP contribution in [0.1, 0.15) is 52.9 Å². The van der Waals surface area contributed by atoms with E-state index in [4.69, 9.17) is 0 Å². The molecule has 0 amide bonds. The minimum atomic E-state index is -5.42. The Kier molecular flexibility index (Phi) is 6.99. The number of rotatable bonds is 7. The van der Waals surface area contributed by atoms with Crippen molar-refractivity contribution < 1.29 is 22.0 Å². The molecule has 0 aromatic rings. The van der Waals surface area contributed by atoms with Gasteiger partial charge in [0.15, 0.2) is 0 Å². The van der Waals surface area contributed by atoms with E-state index in [9.17, 15) is 22.0 Å². The lowest BCUT2D eigenvalue weighted by Crippen LogP contribution is -2.44. The van der Waals surface area contributed by atoms with Crippen molar-refractivity contribution in [3.8, 4) is 0 Å². The molecule has 1 aliphatic heterocycles. The summed E-state index contributed by atoms with van der Waals surface area (Å²) in [5.74, 6) is -3.38. The Bertz CT molecular complexity index is 338. The zero-order valence-corrected chi connectivity index (χ0v) is 14.3. The second kappa shape index (κ2) is 7.69. The van der Waals surface area contributed by atoms with Gasteiger partial charge in [0.25, 0.3) is 0 Å². The van der Waals surface area contributed by atoms with Crippen molar-refractivity contribution in [3.05, 3.63) is 0 Å². The van der Waals surface area contributed by atoms with E-state index in [0.29, 0.717) is 11.8 Å². The van der Waals surface area contributed by atoms with E-state index >= 15 is 0 Å². The van der Waals surface area contributed by atoms with Crippen LogP contribution in [0.5, 0.6) is 0 Å². The van der Waals surface area contributed by atoms with E-state index in [1.807, 2.05) is 0 Å². The molecule has 1 aliphatic rings. The lowest BCUT2D eigenvalue weighted by Gasteiger charge is -2.37. The van der Waals surface area contributed by atoms with Crippen LogP contribution in [-0.2, 0) is 0 Å². The molecule has 1 heterocycles. The van der Waals surface area contributed by atoms with Crippen molar-refractivity contribution in [3.63, 3.8) is 0 Å². The first kappa shape index (κ1) is 20.0. The Morgan fingerprint density at radius 1 is 1.05 bits per heavy atom. The number of hydrogen-bond acceptors (Lipinski definition) is 2. The van der Waals surface area contributed by atoms with E-state index in [1.165, 1.54) is 18.2 Å². The van der Waals surface area contributed by atoms with Gasteiger partial charge in [0.1, 0.15) is 0 Å². The molecule has 0 saturated carbocycles. The van der Waals surface area contributed by atoms with Crippen LogP contribution in [0.3, 0.4) is 0 Å². The third-order valence-electron chi connectivity index (χ3n) is 4.03. The van der Waals surface area contributed by atoms with Gasteiger partial charge >= 0.3 is 12.1 Å². The van der Waals surface area contributed by atoms with Gasteiger partial charge in [-0.3, -0.25) is 4.90 Å². The van der Waals surface area contributed by atoms with Crippen molar-refractivity contribution in [2.45, 2.75) is 76.6 Å². The van der Waals surface area contributed by atoms with Crippen molar-refractivity contribution in [2.24, 2.45) is 0 Å². The van der Waals surface area contributed by atoms with Gasteiger partial charge in [-0.25, -0.2) is 0 Å². The molecule has 0 aliphatic carbocycles. The summed E-state index contributed by atoms with van der Waals surface area (Å²) in [6.07, 6.45) is -3.35. The van der Waals surface area contributed by atoms with Crippen LogP contribution in [0.4, 0.5) is 22.0 Å². The topological polar surface area (TPSA) is 3.24 Å². The van der Waals surface area contributed by atoms with Gasteiger partial charge in [-0.05, 0) is 64.5 Å². The highest BCUT2D eigenvalue weighted by atomic mass is 32.2. The van der Waals surface area contributed by atoms with E-state index in [0.717, 1.165) is 25.1 Å². The standard InChI is InChI=1S/C15H26F5NS/c1-13(2,3)21-9-4-6-12(21)7-11-22-10-5-8-14(16,17)15(18,19)20/h12H,4-11H2,1-3H3/t12-/m0/s1. The summed E-state index contributed by atoms with van der Waals surface area (Å²) < 4.78 is 61.5. The second-order valence-electron chi connectivity index (χ2n) is 6.87. The molecular formula is C15H26F5NS. The molecular weight excluding hydrogens is 321 g/mol. The van der Waals surface area contributed by atoms with Crippen LogP contribution in [0.2, 0.25) is 0 Å². The minimum Gasteiger partial charge on any atom is -0.296 e. The molecule has 1 atom stereocenters. The number of thioether (sulfide) groups is 1. The molecule has 22 heavy (non-hydrogen) atoms. The Labute approximate surface area is 134 Å². The molecule has 1 rings (SSSR count). The molecule has 132 valence electrons. The molecule has 1 nitrogen and oxygen atoms in total. The fraction of sp³-hybridized carbons (Fsp3) is 1.00. The summed E-state index contributed by atoms with van der Waals surface area (Å²) in [6.45, 7) is 7.61. The van der Waals surface area contributed by atoms with Gasteiger partial charge in [-0.2, -0.15) is 33.7 Å². The lowest BCUT2D eigenvalue weighted by molar-refractivity contribution is -0.284. The number of alkyl halides is 5. The maximum atomic E-state index is 12.7. The zero-order valence-electron chi connectivity index (χ0n) is 13.5. The minimum absolute atomic E-state index is 0.106. The predicted octanol–water partition coefficient (Wildman–Crippen LogP) is 5.35. The number of halogens is 5. The van der Waals surface area contributed by atoms with E-state index in [1.54, 1.807) is 0 Å². The quantitative estimate of drug-likeness (QED) is 0.451. The summed E-state index contributed by atoms with van der Waals surface area (Å²) in [5, 5.41) is 0. The van der Waals surface area contributed by atoms with Gasteiger partial charge in [0, 0.05) is 18.0 Å². The summed E-state index contributed by atoms with van der Waals surface area (Å²) in [7, 11) is 0. The Balaban J connectivity index is 2.19. The fourth-order valence-corrected chi connectivity index (χ4v) is 3.87. The lowest BCUT2D eigenvalue weighted by atomic mass is 10.0. The Hall–Kier alpha value is -0.0400. The Morgan fingerprint density at radius 2 is 1.68 bits per heavy atom. The summed E-state index contributed by atoms with van der Waals surface area (Å²) in [4.78, 5) is 2.46. The van der Waals surface area contributed by atoms with Crippen LogP contribution in [0.15, 0.2) is 0 Å². The van der Waals surface area contributed by atoms with E-state index in [2.05, 4.69) is 25.7 Å². The molecule has 0 aromatic heterocycles. The molecule has 0 radical (unpaired) electrons. The normalized spacial score (nSPS) is 21.5. The maximum absolute atomic E-state index is 12.7. The number of likely N-dealkylation sites (tertiary alicyclic amines) is 1. The van der Waals surface area contributed by atoms with Gasteiger partial charge in [-0.1, -0.05) is 0 Å². The van der Waals surface area contributed by atoms with Crippen LogP contribution in [0.25, 0.3) is 0 Å². The third kappa shape index (κ3) is 5.87. The van der Waals surface area contributed by atoms with E-state index in [-0.39, 0.29) is 12.0 Å². The van der Waals surface area contributed by atoms with Crippen LogP contribution >= 0.6 is 11.8 Å². The smallest absolute Gasteiger partial charge is 0.296 e. The van der Waals surface area contributed by atoms with Crippen LogP contribution < -0.4 is 0 Å². The largest absolute Gasteiger partial charge is 0.453 e. The van der Waals surface area contributed by atoms with Gasteiger partial charge in [0.05, 0.1) is 0 Å². The average molecular weight is 347 g/mol. The number of nitrogens with zero attached hydrogens (tertiary/aromatic N) is 1. The molecule has 7 heteroatoms. The first-order chi connectivity index (χ1) is 9.95. The first-order valence-electron chi connectivity index (χ1n) is 7.74. The third-order valence-corrected chi connectivity index (χ3v) is 5.13. The summed E-state index contributed by atoms with van der Waals surface area (Å²) >= 11 is 1.48. The SMILES string of the molecule is CC(C)(C)N1CCC[C@H]1CCSCCCC(F)(F)C(F)(F)F. The van der Waals surface area contributed by atoms with Crippen molar-refractivity contribution in [1.29, 1.82) is 0 Å². The van der Waals surface area contributed by atoms with Crippen molar-refractivity contribution in [2.75, 3.05) is 18.1 Å². The van der Waals surface area contributed by atoms with Crippen molar-refractivity contribution >= 4 is 11.8 Å². The van der Waals surface area contributed by atoms with Crippen molar-refractivity contribution in [1.82, 2.24) is 4.90 Å². The highest BCUT2D eigenvalue weighted by Gasteiger charge is 2.56. The molecule has 0 aromatic carbocycles. The first-order valence-corrected chi connectivity index (χ1v) is 8.90. The molecule has 0 unspecified atom stereocenters. The second-order valence-corrected chi connectivity index (χ2v) is 8.09. The van der Waals surface area contributed by atoms with Gasteiger partial charge < -0.3 is 0 Å². The number of hydrogen-bond donors (Lipinski definition) is 0. The predicted molar refractivity (Wildman–Crippen MR) is 81.7 cm³/mol.